The minimum absolute atomic E-state index is 0. The molecule has 0 amide bonds. The van der Waals surface area contributed by atoms with Gasteiger partial charge in [-0.25, -0.2) is 0 Å². The van der Waals surface area contributed by atoms with Crippen LogP contribution >= 0.6 is 0 Å². The van der Waals surface area contributed by atoms with Crippen LogP contribution in [0, 0.1) is 0 Å². The number of hydrogen-bond acceptors (Lipinski definition) is 3. The molecule has 0 fully saturated rings. The minimum atomic E-state index is -0.579. The predicted molar refractivity (Wildman–Crippen MR) is 18.9 cm³/mol. The normalized spacial score (nSPS) is 5.86. The van der Waals surface area contributed by atoms with E-state index in [2.05, 4.69) is 4.74 Å². The first-order chi connectivity index (χ1) is 2.77. The van der Waals surface area contributed by atoms with Gasteiger partial charge in [0.15, 0.2) is 0 Å². The molecule has 0 atom stereocenters. The van der Waals surface area contributed by atoms with Crippen LogP contribution in [0.15, 0.2) is 0 Å². The van der Waals surface area contributed by atoms with E-state index in [1.807, 2.05) is 0 Å². The van der Waals surface area contributed by atoms with Crippen LogP contribution in [0.3, 0.4) is 0 Å². The maximum Gasteiger partial charge on any atom is 1.00 e. The predicted octanol–water partition coefficient (Wildman–Crippen LogP) is -3.18. The maximum atomic E-state index is 9.59. The Hall–Kier alpha value is 0.776. The number of rotatable bonds is 1. The second kappa shape index (κ2) is 6.78. The Balaban J connectivity index is -0.000000125. The number of ether oxygens (including phenoxy) is 1. The van der Waals surface area contributed by atoms with Crippen molar-refractivity contribution < 1.29 is 67.1 Å². The summed E-state index contributed by atoms with van der Waals surface area (Å²) in [5.74, 6) is -0.579. The Labute approximate surface area is 85.3 Å². The monoisotopic (exact) mass is 128 g/mol. The van der Waals surface area contributed by atoms with E-state index in [4.69, 9.17) is 0 Å². The molecule has 0 aromatic heterocycles. The Morgan fingerprint density at radius 2 is 2.29 bits per heavy atom. The summed E-state index contributed by atoms with van der Waals surface area (Å²) in [5.41, 5.74) is 0. The molecule has 3 nitrogen and oxygen atoms in total. The first kappa shape index (κ1) is 10.7. The van der Waals surface area contributed by atoms with Crippen LogP contribution in [0.5, 0.6) is 0 Å². The van der Waals surface area contributed by atoms with Crippen molar-refractivity contribution in [3.63, 3.8) is 0 Å². The van der Waals surface area contributed by atoms with Gasteiger partial charge in [-0.15, -0.1) is 0 Å². The van der Waals surface area contributed by atoms with Crippen molar-refractivity contribution in [1.29, 1.82) is 0 Å². The van der Waals surface area contributed by atoms with Gasteiger partial charge in [0, 0.05) is 6.92 Å². The number of esters is 1. The summed E-state index contributed by atoms with van der Waals surface area (Å²) in [7, 11) is 0. The van der Waals surface area contributed by atoms with E-state index >= 15 is 0 Å². The summed E-state index contributed by atoms with van der Waals surface area (Å²) in [6, 6.07) is 0. The SMILES string of the molecule is CC(=O)OC=O.[H-].[K+]. The van der Waals surface area contributed by atoms with Gasteiger partial charge >= 0.3 is 63.8 Å². The second-order valence-corrected chi connectivity index (χ2v) is 0.706. The van der Waals surface area contributed by atoms with Crippen molar-refractivity contribution in [3.8, 4) is 0 Å². The molecule has 0 bridgehead atoms. The van der Waals surface area contributed by atoms with Crippen LogP contribution < -0.4 is 51.4 Å². The second-order valence-electron chi connectivity index (χ2n) is 0.706. The zero-order valence-corrected chi connectivity index (χ0v) is 7.43. The van der Waals surface area contributed by atoms with Crippen molar-refractivity contribution >= 4 is 12.4 Å². The van der Waals surface area contributed by atoms with Crippen molar-refractivity contribution in [3.05, 3.63) is 0 Å². The van der Waals surface area contributed by atoms with Crippen molar-refractivity contribution in [1.82, 2.24) is 0 Å². The summed E-state index contributed by atoms with van der Waals surface area (Å²) in [6.45, 7) is 1.26. The number of carbonyl (C=O) groups excluding carboxylic acids is 2. The largest absolute Gasteiger partial charge is 1.00 e. The van der Waals surface area contributed by atoms with Gasteiger partial charge < -0.3 is 6.16 Å². The summed E-state index contributed by atoms with van der Waals surface area (Å²) in [4.78, 5) is 18.8. The first-order valence-corrected chi connectivity index (χ1v) is 1.38. The number of carbonyl (C=O) groups is 2. The van der Waals surface area contributed by atoms with E-state index in [1.165, 1.54) is 0 Å². The van der Waals surface area contributed by atoms with E-state index < -0.39 is 5.97 Å². The molecule has 0 aliphatic rings. The maximum absolute atomic E-state index is 9.59. The third-order valence-corrected chi connectivity index (χ3v) is 0.214. The minimum Gasteiger partial charge on any atom is -1.00 e. The van der Waals surface area contributed by atoms with E-state index in [-0.39, 0.29) is 59.3 Å². The molecule has 0 N–H and O–H groups in total. The van der Waals surface area contributed by atoms with Gasteiger partial charge in [-0.2, -0.15) is 0 Å². The molecule has 0 spiro atoms. The molecule has 0 aromatic rings. The van der Waals surface area contributed by atoms with Gasteiger partial charge in [0.25, 0.3) is 0 Å². The molecule has 0 rings (SSSR count). The van der Waals surface area contributed by atoms with Gasteiger partial charge in [0.1, 0.15) is 0 Å². The van der Waals surface area contributed by atoms with Crippen LogP contribution in [-0.4, -0.2) is 12.4 Å². The molecular weight excluding hydrogens is 123 g/mol. The summed E-state index contributed by atoms with van der Waals surface area (Å²) < 4.78 is 3.72. The summed E-state index contributed by atoms with van der Waals surface area (Å²) in [6.07, 6.45) is 0. The van der Waals surface area contributed by atoms with Gasteiger partial charge in [0.2, 0.25) is 0 Å². The van der Waals surface area contributed by atoms with Crippen LogP contribution in [0.1, 0.15) is 8.35 Å². The summed E-state index contributed by atoms with van der Waals surface area (Å²) >= 11 is 0. The van der Waals surface area contributed by atoms with E-state index in [1.54, 1.807) is 0 Å². The third-order valence-electron chi connectivity index (χ3n) is 0.214. The fourth-order valence-electron chi connectivity index (χ4n) is 0.0678. The molecule has 0 heterocycles. The Morgan fingerprint density at radius 3 is 2.29 bits per heavy atom. The first-order valence-electron chi connectivity index (χ1n) is 1.38. The standard InChI is InChI=1S/C3H4O3.K.H/c1-3(5)6-2-4;;/h2H,1H3;;/q;+1;-1. The van der Waals surface area contributed by atoms with Crippen molar-refractivity contribution in [2.75, 3.05) is 0 Å². The van der Waals surface area contributed by atoms with E-state index in [0.717, 1.165) is 6.92 Å². The molecule has 0 saturated heterocycles. The quantitative estimate of drug-likeness (QED) is 0.162. The fourth-order valence-corrected chi connectivity index (χ4v) is 0.0678. The van der Waals surface area contributed by atoms with Crippen LogP contribution in [0.4, 0.5) is 0 Å². The molecule has 0 aliphatic heterocycles. The molecule has 0 aliphatic carbocycles. The van der Waals surface area contributed by atoms with Crippen molar-refractivity contribution in [2.45, 2.75) is 6.92 Å². The van der Waals surface area contributed by atoms with E-state index in [0.29, 0.717) is 0 Å². The van der Waals surface area contributed by atoms with Crippen LogP contribution in [0.2, 0.25) is 0 Å². The zero-order chi connectivity index (χ0) is 4.99. The molecule has 0 unspecified atom stereocenters. The zero-order valence-electron chi connectivity index (χ0n) is 5.30. The van der Waals surface area contributed by atoms with Gasteiger partial charge in [-0.1, -0.05) is 0 Å². The smallest absolute Gasteiger partial charge is 1.00 e. The Kier molecular flexibility index (Phi) is 10.4. The molecule has 0 aromatic carbocycles. The Bertz CT molecular complexity index is 74.9. The van der Waals surface area contributed by atoms with Gasteiger partial charge in [-0.05, 0) is 0 Å². The van der Waals surface area contributed by atoms with Crippen molar-refractivity contribution in [2.24, 2.45) is 0 Å². The van der Waals surface area contributed by atoms with Crippen LogP contribution in [0.25, 0.3) is 0 Å². The van der Waals surface area contributed by atoms with E-state index in [9.17, 15) is 9.59 Å². The third kappa shape index (κ3) is 10.8. The average Bonchev–Trinajstić information content (AvgIpc) is 1.35. The molecule has 7 heavy (non-hydrogen) atoms. The van der Waals surface area contributed by atoms with Gasteiger partial charge in [0.05, 0.1) is 0 Å². The molecule has 0 radical (unpaired) electrons. The molecule has 0 saturated carbocycles. The topological polar surface area (TPSA) is 43.4 Å². The Morgan fingerprint density at radius 1 is 1.86 bits per heavy atom. The fraction of sp³-hybridized carbons (Fsp3) is 0.333. The number of hydrogen-bond donors (Lipinski definition) is 0. The average molecular weight is 128 g/mol. The molecule has 4 heteroatoms. The van der Waals surface area contributed by atoms with Gasteiger partial charge in [-0.3, -0.25) is 9.59 Å². The molecule has 36 valence electrons. The summed E-state index contributed by atoms with van der Waals surface area (Å²) in [5, 5.41) is 0. The molecular formula is C3H5KO3. The van der Waals surface area contributed by atoms with Crippen LogP contribution in [-0.2, 0) is 14.3 Å².